The molecule has 1 aromatic carbocycles. The summed E-state index contributed by atoms with van der Waals surface area (Å²) in [4.78, 5) is 16.4. The zero-order valence-electron chi connectivity index (χ0n) is 12.0. The molecule has 0 aliphatic heterocycles. The summed E-state index contributed by atoms with van der Waals surface area (Å²) in [5.41, 5.74) is 0.386. The molecule has 112 valence electrons. The first kappa shape index (κ1) is 14.8. The molecule has 0 aliphatic rings. The average Bonchev–Trinajstić information content (AvgIpc) is 2.78. The van der Waals surface area contributed by atoms with Crippen LogP contribution in [0.3, 0.4) is 0 Å². The van der Waals surface area contributed by atoms with E-state index >= 15 is 0 Å². The van der Waals surface area contributed by atoms with Crippen LogP contribution in [0.15, 0.2) is 24.4 Å². The summed E-state index contributed by atoms with van der Waals surface area (Å²) in [6.07, 6.45) is 1.65. The molecule has 8 heteroatoms. The van der Waals surface area contributed by atoms with Gasteiger partial charge in [0.15, 0.2) is 5.82 Å². The van der Waals surface area contributed by atoms with Crippen molar-refractivity contribution in [3.05, 3.63) is 46.0 Å². The summed E-state index contributed by atoms with van der Waals surface area (Å²) >= 11 is 0. The van der Waals surface area contributed by atoms with Gasteiger partial charge in [-0.2, -0.15) is 0 Å². The summed E-state index contributed by atoms with van der Waals surface area (Å²) in [7, 11) is 5.55. The van der Waals surface area contributed by atoms with Gasteiger partial charge in [0.25, 0.3) is 5.69 Å². The van der Waals surface area contributed by atoms with Crippen molar-refractivity contribution in [2.45, 2.75) is 6.54 Å². The number of benzene rings is 1. The highest BCUT2D eigenvalue weighted by Crippen LogP contribution is 2.27. The summed E-state index contributed by atoms with van der Waals surface area (Å²) in [6, 6.07) is 3.76. The summed E-state index contributed by atoms with van der Waals surface area (Å²) < 4.78 is 15.6. The van der Waals surface area contributed by atoms with Crippen molar-refractivity contribution in [2.24, 2.45) is 7.05 Å². The van der Waals surface area contributed by atoms with E-state index in [0.29, 0.717) is 0 Å². The van der Waals surface area contributed by atoms with Gasteiger partial charge in [0, 0.05) is 27.2 Å². The van der Waals surface area contributed by atoms with Gasteiger partial charge >= 0.3 is 0 Å². The molecular formula is C13H16FN5O2. The molecule has 7 nitrogen and oxygen atoms in total. The molecular weight excluding hydrogens is 277 g/mol. The van der Waals surface area contributed by atoms with E-state index in [0.717, 1.165) is 11.6 Å². The molecule has 1 N–H and O–H groups in total. The lowest BCUT2D eigenvalue weighted by molar-refractivity contribution is -0.384. The van der Waals surface area contributed by atoms with Crippen molar-refractivity contribution < 1.29 is 9.31 Å². The Morgan fingerprint density at radius 1 is 1.48 bits per heavy atom. The third-order valence-electron chi connectivity index (χ3n) is 3.09. The Morgan fingerprint density at radius 3 is 2.76 bits per heavy atom. The van der Waals surface area contributed by atoms with Crippen LogP contribution >= 0.6 is 0 Å². The highest BCUT2D eigenvalue weighted by Gasteiger charge is 2.18. The fourth-order valence-corrected chi connectivity index (χ4v) is 2.03. The number of rotatable bonds is 5. The van der Waals surface area contributed by atoms with Crippen LogP contribution in [0.25, 0.3) is 0 Å². The number of nitro benzene ring substituents is 1. The van der Waals surface area contributed by atoms with Gasteiger partial charge in [-0.05, 0) is 6.07 Å². The van der Waals surface area contributed by atoms with Gasteiger partial charge in [0.2, 0.25) is 5.95 Å². The van der Waals surface area contributed by atoms with Crippen LogP contribution in [0, 0.1) is 15.9 Å². The number of para-hydroxylation sites is 1. The minimum Gasteiger partial charge on any atom is -0.371 e. The number of hydrogen-bond donors (Lipinski definition) is 1. The quantitative estimate of drug-likeness (QED) is 0.675. The average molecular weight is 293 g/mol. The number of nitrogens with one attached hydrogen (secondary N) is 1. The van der Waals surface area contributed by atoms with E-state index in [1.54, 1.807) is 6.20 Å². The van der Waals surface area contributed by atoms with Crippen LogP contribution in [-0.2, 0) is 13.6 Å². The molecule has 0 radical (unpaired) electrons. The van der Waals surface area contributed by atoms with E-state index in [-0.39, 0.29) is 17.9 Å². The molecule has 0 fully saturated rings. The SMILES string of the molecule is CN(C)c1ncc(CNc2c(F)cccc2[N+](=O)[O-])n1C. The monoisotopic (exact) mass is 293 g/mol. The molecule has 2 rings (SSSR count). The number of halogens is 1. The zero-order chi connectivity index (χ0) is 15.6. The number of anilines is 2. The van der Waals surface area contributed by atoms with Crippen LogP contribution < -0.4 is 10.2 Å². The van der Waals surface area contributed by atoms with Crippen molar-refractivity contribution in [2.75, 3.05) is 24.3 Å². The Morgan fingerprint density at radius 2 is 2.19 bits per heavy atom. The van der Waals surface area contributed by atoms with Gasteiger partial charge in [-0.1, -0.05) is 6.07 Å². The smallest absolute Gasteiger partial charge is 0.295 e. The third-order valence-corrected chi connectivity index (χ3v) is 3.09. The maximum absolute atomic E-state index is 13.7. The van der Waals surface area contributed by atoms with E-state index in [4.69, 9.17) is 0 Å². The van der Waals surface area contributed by atoms with Gasteiger partial charge in [-0.25, -0.2) is 9.37 Å². The zero-order valence-corrected chi connectivity index (χ0v) is 12.0. The number of nitro groups is 1. The molecule has 0 bridgehead atoms. The van der Waals surface area contributed by atoms with Crippen LogP contribution in [0.1, 0.15) is 5.69 Å². The highest BCUT2D eigenvalue weighted by molar-refractivity contribution is 5.62. The topological polar surface area (TPSA) is 76.2 Å². The van der Waals surface area contributed by atoms with Crippen molar-refractivity contribution in [3.63, 3.8) is 0 Å². The minimum atomic E-state index is -0.654. The predicted octanol–water partition coefficient (Wildman–Crippen LogP) is 2.15. The summed E-state index contributed by atoms with van der Waals surface area (Å²) in [6.45, 7) is 0.235. The van der Waals surface area contributed by atoms with E-state index < -0.39 is 10.7 Å². The number of imidazole rings is 1. The predicted molar refractivity (Wildman–Crippen MR) is 77.9 cm³/mol. The first-order valence-electron chi connectivity index (χ1n) is 6.26. The van der Waals surface area contributed by atoms with Gasteiger partial charge in [-0.3, -0.25) is 10.1 Å². The molecule has 0 unspecified atom stereocenters. The van der Waals surface area contributed by atoms with E-state index in [1.165, 1.54) is 18.2 Å². The standard InChI is InChI=1S/C13H16FN5O2/c1-17(2)13-16-8-9(18(13)3)7-15-12-10(14)5-4-6-11(12)19(20)21/h4-6,8,15H,7H2,1-3H3. The molecule has 0 spiro atoms. The Balaban J connectivity index is 2.23. The minimum absolute atomic E-state index is 0.116. The van der Waals surface area contributed by atoms with Crippen LogP contribution in [0.5, 0.6) is 0 Å². The van der Waals surface area contributed by atoms with Gasteiger partial charge < -0.3 is 14.8 Å². The van der Waals surface area contributed by atoms with Crippen molar-refractivity contribution >= 4 is 17.3 Å². The van der Waals surface area contributed by atoms with Crippen molar-refractivity contribution in [1.82, 2.24) is 9.55 Å². The van der Waals surface area contributed by atoms with E-state index in [2.05, 4.69) is 10.3 Å². The molecule has 2 aromatic rings. The van der Waals surface area contributed by atoms with Gasteiger partial charge in [0.05, 0.1) is 23.4 Å². The second-order valence-electron chi connectivity index (χ2n) is 4.75. The van der Waals surface area contributed by atoms with E-state index in [9.17, 15) is 14.5 Å². The molecule has 0 saturated heterocycles. The van der Waals surface area contributed by atoms with Crippen molar-refractivity contribution in [3.8, 4) is 0 Å². The van der Waals surface area contributed by atoms with Gasteiger partial charge in [0.1, 0.15) is 5.69 Å². The third kappa shape index (κ3) is 2.93. The maximum atomic E-state index is 13.7. The van der Waals surface area contributed by atoms with Crippen LogP contribution in [-0.4, -0.2) is 28.6 Å². The molecule has 1 heterocycles. The second-order valence-corrected chi connectivity index (χ2v) is 4.75. The Bertz CT molecular complexity index is 669. The molecule has 0 atom stereocenters. The second kappa shape index (κ2) is 5.78. The van der Waals surface area contributed by atoms with Crippen LogP contribution in [0.2, 0.25) is 0 Å². The van der Waals surface area contributed by atoms with Crippen LogP contribution in [0.4, 0.5) is 21.7 Å². The van der Waals surface area contributed by atoms with E-state index in [1.807, 2.05) is 30.6 Å². The number of nitrogens with zero attached hydrogens (tertiary/aromatic N) is 4. The Labute approximate surface area is 121 Å². The summed E-state index contributed by atoms with van der Waals surface area (Å²) in [5, 5.41) is 13.7. The highest BCUT2D eigenvalue weighted by atomic mass is 19.1. The number of hydrogen-bond acceptors (Lipinski definition) is 5. The first-order valence-corrected chi connectivity index (χ1v) is 6.26. The molecule has 0 saturated carbocycles. The Kier molecular flexibility index (Phi) is 4.06. The van der Waals surface area contributed by atoms with Gasteiger partial charge in [-0.15, -0.1) is 0 Å². The lowest BCUT2D eigenvalue weighted by Gasteiger charge is -2.13. The molecule has 21 heavy (non-hydrogen) atoms. The largest absolute Gasteiger partial charge is 0.371 e. The first-order chi connectivity index (χ1) is 9.91. The normalized spacial score (nSPS) is 10.5. The molecule has 0 aliphatic carbocycles. The fourth-order valence-electron chi connectivity index (χ4n) is 2.03. The fraction of sp³-hybridized carbons (Fsp3) is 0.308. The lowest BCUT2D eigenvalue weighted by Crippen LogP contribution is -2.15. The maximum Gasteiger partial charge on any atom is 0.295 e. The van der Waals surface area contributed by atoms with Crippen molar-refractivity contribution in [1.29, 1.82) is 0 Å². The lowest BCUT2D eigenvalue weighted by atomic mass is 10.2. The Hall–Kier alpha value is -2.64. The summed E-state index contributed by atoms with van der Waals surface area (Å²) in [5.74, 6) is 0.0917. The number of aromatic nitrogens is 2. The molecule has 1 aromatic heterocycles. The molecule has 0 amide bonds.